The van der Waals surface area contributed by atoms with Crippen molar-refractivity contribution in [2.75, 3.05) is 5.43 Å². The molecule has 0 aliphatic rings. The number of aryl methyl sites for hydroxylation is 2. The van der Waals surface area contributed by atoms with Gasteiger partial charge < -0.3 is 4.57 Å². The quantitative estimate of drug-likeness (QED) is 0.479. The Bertz CT molecular complexity index is 807. The van der Waals surface area contributed by atoms with E-state index in [1.165, 1.54) is 4.57 Å². The Morgan fingerprint density at radius 3 is 2.68 bits per heavy atom. The number of fused-ring (bicyclic) bond motifs is 1. The zero-order valence-corrected chi connectivity index (χ0v) is 13.4. The summed E-state index contributed by atoms with van der Waals surface area (Å²) in [6.07, 6.45) is 3.06. The van der Waals surface area contributed by atoms with Gasteiger partial charge in [0.05, 0.1) is 0 Å². The van der Waals surface area contributed by atoms with E-state index in [4.69, 9.17) is 0 Å². The van der Waals surface area contributed by atoms with Crippen LogP contribution in [0.15, 0.2) is 14.7 Å². The van der Waals surface area contributed by atoms with Gasteiger partial charge in [0.15, 0.2) is 11.2 Å². The first kappa shape index (κ1) is 16.0. The van der Waals surface area contributed by atoms with E-state index in [2.05, 4.69) is 27.4 Å². The van der Waals surface area contributed by atoms with Gasteiger partial charge in [0.25, 0.3) is 5.56 Å². The number of rotatable bonds is 6. The van der Waals surface area contributed by atoms with Crippen molar-refractivity contribution in [1.82, 2.24) is 19.1 Å². The summed E-state index contributed by atoms with van der Waals surface area (Å²) in [5.74, 6) is 0.471. The van der Waals surface area contributed by atoms with Gasteiger partial charge in [-0.3, -0.25) is 14.3 Å². The molecule has 0 aliphatic carbocycles. The molecule has 0 atom stereocenters. The summed E-state index contributed by atoms with van der Waals surface area (Å²) in [4.78, 5) is 30.6. The lowest BCUT2D eigenvalue weighted by atomic mass is 10.2. The van der Waals surface area contributed by atoms with Crippen LogP contribution in [0.25, 0.3) is 11.2 Å². The molecular weight excluding hydrogens is 284 g/mol. The molecule has 0 amide bonds. The molecule has 2 aromatic rings. The predicted octanol–water partition coefficient (Wildman–Crippen LogP) is 1.42. The van der Waals surface area contributed by atoms with Gasteiger partial charge in [0.1, 0.15) is 0 Å². The highest BCUT2D eigenvalue weighted by molar-refractivity contribution is 5.80. The molecule has 0 fully saturated rings. The fourth-order valence-electron chi connectivity index (χ4n) is 2.22. The van der Waals surface area contributed by atoms with Crippen molar-refractivity contribution in [2.24, 2.45) is 12.1 Å². The Labute approximate surface area is 127 Å². The van der Waals surface area contributed by atoms with Gasteiger partial charge >= 0.3 is 5.69 Å². The second-order valence-electron chi connectivity index (χ2n) is 5.46. The Morgan fingerprint density at radius 1 is 1.32 bits per heavy atom. The molecule has 0 radical (unpaired) electrons. The second-order valence-corrected chi connectivity index (χ2v) is 5.46. The summed E-state index contributed by atoms with van der Waals surface area (Å²) in [7, 11) is 1.59. The van der Waals surface area contributed by atoms with Gasteiger partial charge in [-0.2, -0.15) is 10.1 Å². The van der Waals surface area contributed by atoms with Gasteiger partial charge in [-0.15, -0.1) is 0 Å². The predicted molar refractivity (Wildman–Crippen MR) is 87.5 cm³/mol. The lowest BCUT2D eigenvalue weighted by Crippen LogP contribution is -2.29. The molecule has 8 heteroatoms. The first-order valence-corrected chi connectivity index (χ1v) is 7.42. The van der Waals surface area contributed by atoms with E-state index in [1.807, 2.05) is 13.8 Å². The molecule has 2 rings (SSSR count). The smallest absolute Gasteiger partial charge is 0.303 e. The summed E-state index contributed by atoms with van der Waals surface area (Å²) in [5, 5.41) is 4.14. The fourth-order valence-corrected chi connectivity index (χ4v) is 2.22. The van der Waals surface area contributed by atoms with E-state index >= 15 is 0 Å². The molecule has 2 heterocycles. The van der Waals surface area contributed by atoms with Crippen molar-refractivity contribution in [3.05, 3.63) is 20.8 Å². The third kappa shape index (κ3) is 3.10. The topological polar surface area (TPSA) is 97.1 Å². The average Bonchev–Trinajstić information content (AvgIpc) is 2.82. The molecule has 0 spiro atoms. The number of aromatic nitrogens is 4. The van der Waals surface area contributed by atoms with E-state index in [1.54, 1.807) is 11.6 Å². The lowest BCUT2D eigenvalue weighted by Gasteiger charge is -2.07. The highest BCUT2D eigenvalue weighted by Gasteiger charge is 2.16. The van der Waals surface area contributed by atoms with Crippen molar-refractivity contribution in [2.45, 2.75) is 46.6 Å². The minimum Gasteiger partial charge on any atom is -0.303 e. The third-order valence-electron chi connectivity index (χ3n) is 3.37. The summed E-state index contributed by atoms with van der Waals surface area (Å²) in [6.45, 7) is 6.48. The number of nitrogens with one attached hydrogen (secondary N) is 2. The Morgan fingerprint density at radius 2 is 2.05 bits per heavy atom. The molecule has 22 heavy (non-hydrogen) atoms. The van der Waals surface area contributed by atoms with Crippen LogP contribution in [-0.4, -0.2) is 24.8 Å². The number of hydrazone groups is 1. The van der Waals surface area contributed by atoms with Crippen LogP contribution in [0.4, 0.5) is 5.95 Å². The number of hydrogen-bond acceptors (Lipinski definition) is 5. The van der Waals surface area contributed by atoms with Crippen LogP contribution in [0.5, 0.6) is 0 Å². The number of unbranched alkanes of at least 4 members (excludes halogenated alkanes) is 2. The summed E-state index contributed by atoms with van der Waals surface area (Å²) in [6, 6.07) is 0. The maximum Gasteiger partial charge on any atom is 0.329 e. The molecule has 8 nitrogen and oxygen atoms in total. The number of hydrogen-bond donors (Lipinski definition) is 2. The van der Waals surface area contributed by atoms with Crippen LogP contribution < -0.4 is 16.7 Å². The van der Waals surface area contributed by atoms with E-state index in [0.717, 1.165) is 25.0 Å². The van der Waals surface area contributed by atoms with Crippen molar-refractivity contribution in [3.63, 3.8) is 0 Å². The van der Waals surface area contributed by atoms with Crippen LogP contribution in [0.3, 0.4) is 0 Å². The SMILES string of the molecule is CCCCCn1c(NN=C(C)C)nc2c1c(=O)[nH]c(=O)n2C. The third-order valence-corrected chi connectivity index (χ3v) is 3.37. The van der Waals surface area contributed by atoms with Gasteiger partial charge in [-0.05, 0) is 20.3 Å². The molecule has 0 saturated carbocycles. The van der Waals surface area contributed by atoms with Gasteiger partial charge in [0, 0.05) is 19.3 Å². The highest BCUT2D eigenvalue weighted by atomic mass is 16.2. The van der Waals surface area contributed by atoms with Gasteiger partial charge in [0.2, 0.25) is 5.95 Å². The first-order chi connectivity index (χ1) is 10.5. The van der Waals surface area contributed by atoms with E-state index in [0.29, 0.717) is 23.7 Å². The Balaban J connectivity index is 2.61. The maximum absolute atomic E-state index is 12.2. The number of H-pyrrole nitrogens is 1. The summed E-state index contributed by atoms with van der Waals surface area (Å²) in [5.41, 5.74) is 3.57. The molecule has 0 saturated heterocycles. The monoisotopic (exact) mass is 306 g/mol. The van der Waals surface area contributed by atoms with Crippen molar-refractivity contribution in [1.29, 1.82) is 0 Å². The van der Waals surface area contributed by atoms with Crippen LogP contribution in [0.1, 0.15) is 40.0 Å². The number of anilines is 1. The van der Waals surface area contributed by atoms with Crippen LogP contribution in [0, 0.1) is 0 Å². The zero-order chi connectivity index (χ0) is 16.3. The maximum atomic E-state index is 12.2. The number of nitrogens with zero attached hydrogens (tertiary/aromatic N) is 4. The Hall–Kier alpha value is -2.38. The number of aromatic amines is 1. The van der Waals surface area contributed by atoms with Crippen LogP contribution >= 0.6 is 0 Å². The largest absolute Gasteiger partial charge is 0.329 e. The minimum absolute atomic E-state index is 0.358. The van der Waals surface area contributed by atoms with E-state index < -0.39 is 11.2 Å². The van der Waals surface area contributed by atoms with Gasteiger partial charge in [-0.25, -0.2) is 10.2 Å². The molecule has 120 valence electrons. The minimum atomic E-state index is -0.475. The zero-order valence-electron chi connectivity index (χ0n) is 13.4. The van der Waals surface area contributed by atoms with E-state index in [-0.39, 0.29) is 0 Å². The molecule has 0 bridgehead atoms. The van der Waals surface area contributed by atoms with Crippen molar-refractivity contribution >= 4 is 22.8 Å². The fraction of sp³-hybridized carbons (Fsp3) is 0.571. The Kier molecular flexibility index (Phi) is 4.79. The van der Waals surface area contributed by atoms with Gasteiger partial charge in [-0.1, -0.05) is 19.8 Å². The van der Waals surface area contributed by atoms with Crippen LogP contribution in [0.2, 0.25) is 0 Å². The molecule has 0 aromatic carbocycles. The van der Waals surface area contributed by atoms with E-state index in [9.17, 15) is 9.59 Å². The lowest BCUT2D eigenvalue weighted by molar-refractivity contribution is 0.615. The first-order valence-electron chi connectivity index (χ1n) is 7.42. The van der Waals surface area contributed by atoms with Crippen molar-refractivity contribution in [3.8, 4) is 0 Å². The standard InChI is InChI=1S/C14H22N6O2/c1-5-6-7-8-20-10-11(15-13(20)18-17-9(2)3)19(4)14(22)16-12(10)21/h5-8H2,1-4H3,(H,15,18)(H,16,21,22). The normalized spacial score (nSPS) is 10.9. The number of imidazole rings is 1. The second kappa shape index (κ2) is 6.59. The molecule has 0 aliphatic heterocycles. The summed E-state index contributed by atoms with van der Waals surface area (Å²) < 4.78 is 3.12. The summed E-state index contributed by atoms with van der Waals surface area (Å²) >= 11 is 0. The van der Waals surface area contributed by atoms with Crippen LogP contribution in [-0.2, 0) is 13.6 Å². The molecular formula is C14H22N6O2. The molecule has 2 N–H and O–H groups in total. The average molecular weight is 306 g/mol. The highest BCUT2D eigenvalue weighted by Crippen LogP contribution is 2.16. The molecule has 2 aromatic heterocycles. The van der Waals surface area contributed by atoms with Crippen molar-refractivity contribution < 1.29 is 0 Å². The molecule has 0 unspecified atom stereocenters.